The van der Waals surface area contributed by atoms with Gasteiger partial charge in [-0.1, -0.05) is 6.07 Å². The number of nitro groups is 1. The molecule has 106 valence electrons. The maximum Gasteiger partial charge on any atom is 0.315 e. The molecule has 3 N–H and O–H groups in total. The smallest absolute Gasteiger partial charge is 0.315 e. The highest BCUT2D eigenvalue weighted by atomic mass is 16.6. The van der Waals surface area contributed by atoms with Gasteiger partial charge >= 0.3 is 5.69 Å². The summed E-state index contributed by atoms with van der Waals surface area (Å²) in [5, 5.41) is 27.2. The van der Waals surface area contributed by atoms with Crippen LogP contribution in [0.2, 0.25) is 0 Å². The Bertz CT molecular complexity index is 479. The number of rotatable bonds is 5. The van der Waals surface area contributed by atoms with Crippen LogP contribution in [0.1, 0.15) is 27.7 Å². The molecule has 6 nitrogen and oxygen atoms in total. The molecule has 1 aromatic rings. The molecule has 0 amide bonds. The monoisotopic (exact) mass is 267 g/mol. The first kappa shape index (κ1) is 15.2. The molecule has 0 atom stereocenters. The minimum absolute atomic E-state index is 0.0256. The minimum atomic E-state index is -1.03. The first-order valence-corrected chi connectivity index (χ1v) is 6.06. The van der Waals surface area contributed by atoms with Gasteiger partial charge in [0.05, 0.1) is 16.1 Å². The summed E-state index contributed by atoms with van der Waals surface area (Å²) in [5.74, 6) is 0. The van der Waals surface area contributed by atoms with Crippen LogP contribution in [-0.4, -0.2) is 28.2 Å². The van der Waals surface area contributed by atoms with Gasteiger partial charge in [0.15, 0.2) is 0 Å². The Morgan fingerprint density at radius 2 is 1.74 bits per heavy atom. The molecule has 1 rings (SSSR count). The van der Waals surface area contributed by atoms with Crippen LogP contribution in [0.25, 0.3) is 0 Å². The third-order valence-electron chi connectivity index (χ3n) is 3.46. The summed E-state index contributed by atoms with van der Waals surface area (Å²) in [6.07, 6.45) is 0. The summed E-state index contributed by atoms with van der Waals surface area (Å²) in [4.78, 5) is 10.8. The van der Waals surface area contributed by atoms with E-state index in [-0.39, 0.29) is 5.69 Å². The molecule has 0 unspecified atom stereocenters. The maximum atomic E-state index is 11.2. The second-order valence-corrected chi connectivity index (χ2v) is 5.52. The lowest BCUT2D eigenvalue weighted by atomic mass is 9.85. The average Bonchev–Trinajstić information content (AvgIpc) is 2.26. The number of anilines is 2. The van der Waals surface area contributed by atoms with Gasteiger partial charge in [0.25, 0.3) is 0 Å². The lowest BCUT2D eigenvalue weighted by Crippen LogP contribution is -2.51. The van der Waals surface area contributed by atoms with Crippen LogP contribution in [0.5, 0.6) is 0 Å². The summed E-state index contributed by atoms with van der Waals surface area (Å²) in [7, 11) is 1.63. The fourth-order valence-corrected chi connectivity index (χ4v) is 1.53. The summed E-state index contributed by atoms with van der Waals surface area (Å²) in [6, 6.07) is 4.99. The third kappa shape index (κ3) is 3.14. The van der Waals surface area contributed by atoms with Crippen molar-refractivity contribution in [2.75, 3.05) is 17.7 Å². The molecule has 0 fully saturated rings. The van der Waals surface area contributed by atoms with Gasteiger partial charge in [-0.15, -0.1) is 0 Å². The van der Waals surface area contributed by atoms with Crippen LogP contribution < -0.4 is 10.6 Å². The molecule has 0 saturated heterocycles. The Labute approximate surface area is 113 Å². The third-order valence-corrected chi connectivity index (χ3v) is 3.46. The van der Waals surface area contributed by atoms with Gasteiger partial charge < -0.3 is 15.7 Å². The van der Waals surface area contributed by atoms with E-state index in [1.807, 2.05) is 0 Å². The number of nitrogens with zero attached hydrogens (tertiary/aromatic N) is 1. The molecule has 0 aliphatic carbocycles. The van der Waals surface area contributed by atoms with Crippen molar-refractivity contribution in [2.45, 2.75) is 38.8 Å². The fraction of sp³-hybridized carbons (Fsp3) is 0.538. The minimum Gasteiger partial charge on any atom is -0.388 e. The number of hydrogen-bond donors (Lipinski definition) is 3. The van der Waals surface area contributed by atoms with Crippen LogP contribution in [0.3, 0.4) is 0 Å². The lowest BCUT2D eigenvalue weighted by Gasteiger charge is -2.38. The Hall–Kier alpha value is -1.82. The van der Waals surface area contributed by atoms with Crippen LogP contribution in [-0.2, 0) is 0 Å². The van der Waals surface area contributed by atoms with E-state index < -0.39 is 16.1 Å². The molecule has 1 aromatic carbocycles. The van der Waals surface area contributed by atoms with E-state index in [0.29, 0.717) is 11.4 Å². The van der Waals surface area contributed by atoms with Gasteiger partial charge in [0.1, 0.15) is 11.4 Å². The molecule has 0 aliphatic heterocycles. The zero-order valence-electron chi connectivity index (χ0n) is 11.9. The van der Waals surface area contributed by atoms with Crippen molar-refractivity contribution >= 4 is 17.1 Å². The van der Waals surface area contributed by atoms with E-state index in [1.54, 1.807) is 52.9 Å². The topological polar surface area (TPSA) is 87.4 Å². The molecule has 0 radical (unpaired) electrons. The highest BCUT2D eigenvalue weighted by Gasteiger charge is 2.36. The van der Waals surface area contributed by atoms with Crippen molar-refractivity contribution in [3.8, 4) is 0 Å². The Balaban J connectivity index is 3.26. The molecule has 0 bridgehead atoms. The molecule has 0 saturated carbocycles. The van der Waals surface area contributed by atoms with Gasteiger partial charge in [-0.3, -0.25) is 10.1 Å². The van der Waals surface area contributed by atoms with E-state index in [4.69, 9.17) is 0 Å². The van der Waals surface area contributed by atoms with Gasteiger partial charge in [0.2, 0.25) is 0 Å². The first-order chi connectivity index (χ1) is 8.60. The fourth-order valence-electron chi connectivity index (χ4n) is 1.53. The largest absolute Gasteiger partial charge is 0.388 e. The van der Waals surface area contributed by atoms with E-state index in [9.17, 15) is 15.2 Å². The van der Waals surface area contributed by atoms with Gasteiger partial charge in [-0.05, 0) is 39.8 Å². The van der Waals surface area contributed by atoms with E-state index >= 15 is 0 Å². The second kappa shape index (κ2) is 5.05. The van der Waals surface area contributed by atoms with E-state index in [2.05, 4.69) is 10.6 Å². The maximum absolute atomic E-state index is 11.2. The predicted molar refractivity (Wildman–Crippen MR) is 76.6 cm³/mol. The zero-order valence-corrected chi connectivity index (χ0v) is 11.9. The van der Waals surface area contributed by atoms with Crippen molar-refractivity contribution in [1.29, 1.82) is 0 Å². The van der Waals surface area contributed by atoms with Crippen molar-refractivity contribution in [3.05, 3.63) is 28.3 Å². The van der Waals surface area contributed by atoms with E-state index in [1.165, 1.54) is 0 Å². The van der Waals surface area contributed by atoms with Crippen LogP contribution in [0, 0.1) is 10.1 Å². The SMILES string of the molecule is CNc1cccc(NC(C)(C)C(C)(C)O)c1[N+](=O)[O-]. The van der Waals surface area contributed by atoms with E-state index in [0.717, 1.165) is 0 Å². The Morgan fingerprint density at radius 3 is 2.16 bits per heavy atom. The Kier molecular flexibility index (Phi) is 4.05. The van der Waals surface area contributed by atoms with Gasteiger partial charge in [-0.2, -0.15) is 0 Å². The highest BCUT2D eigenvalue weighted by molar-refractivity contribution is 5.76. The highest BCUT2D eigenvalue weighted by Crippen LogP contribution is 2.36. The zero-order chi connectivity index (χ0) is 14.8. The van der Waals surface area contributed by atoms with Gasteiger partial charge in [-0.25, -0.2) is 0 Å². The summed E-state index contributed by atoms with van der Waals surface area (Å²) >= 11 is 0. The van der Waals surface area contributed by atoms with Gasteiger partial charge in [0, 0.05) is 7.05 Å². The summed E-state index contributed by atoms with van der Waals surface area (Å²) in [5.41, 5.74) is -0.964. The van der Waals surface area contributed by atoms with Crippen molar-refractivity contribution in [3.63, 3.8) is 0 Å². The number of para-hydroxylation sites is 1. The van der Waals surface area contributed by atoms with Crippen LogP contribution in [0.15, 0.2) is 18.2 Å². The predicted octanol–water partition coefficient (Wildman–Crippen LogP) is 2.60. The number of hydrogen-bond acceptors (Lipinski definition) is 5. The van der Waals surface area contributed by atoms with Crippen molar-refractivity contribution in [1.82, 2.24) is 0 Å². The van der Waals surface area contributed by atoms with Crippen molar-refractivity contribution < 1.29 is 10.0 Å². The number of benzene rings is 1. The molecule has 0 heterocycles. The number of nitrogens with one attached hydrogen (secondary N) is 2. The molecular weight excluding hydrogens is 246 g/mol. The summed E-state index contributed by atoms with van der Waals surface area (Å²) < 4.78 is 0. The normalized spacial score (nSPS) is 12.1. The summed E-state index contributed by atoms with van der Waals surface area (Å²) in [6.45, 7) is 6.91. The average molecular weight is 267 g/mol. The molecule has 0 aromatic heterocycles. The number of nitro benzene ring substituents is 1. The standard InChI is InChI=1S/C13H21N3O3/c1-12(2,13(3,4)17)15-10-8-6-7-9(14-5)11(10)16(18)19/h6-8,14-15,17H,1-5H3. The first-order valence-electron chi connectivity index (χ1n) is 6.06. The van der Waals surface area contributed by atoms with Crippen LogP contribution >= 0.6 is 0 Å². The quantitative estimate of drug-likeness (QED) is 0.564. The number of aliphatic hydroxyl groups is 1. The lowest BCUT2D eigenvalue weighted by molar-refractivity contribution is -0.383. The molecule has 0 aliphatic rings. The second-order valence-electron chi connectivity index (χ2n) is 5.52. The Morgan fingerprint density at radius 1 is 1.21 bits per heavy atom. The van der Waals surface area contributed by atoms with Crippen molar-refractivity contribution in [2.24, 2.45) is 0 Å². The molecule has 0 spiro atoms. The molecular formula is C13H21N3O3. The molecule has 6 heteroatoms. The van der Waals surface area contributed by atoms with Crippen LogP contribution in [0.4, 0.5) is 17.1 Å². The molecule has 19 heavy (non-hydrogen) atoms.